The van der Waals surface area contributed by atoms with Gasteiger partial charge in [-0.2, -0.15) is 0 Å². The highest BCUT2D eigenvalue weighted by Crippen LogP contribution is 2.63. The quantitative estimate of drug-likeness (QED) is 0.581. The van der Waals surface area contributed by atoms with Crippen molar-refractivity contribution in [3.05, 3.63) is 0 Å². The smallest absolute Gasteiger partial charge is 0.0289 e. The maximum absolute atomic E-state index is 2.50. The molecule has 0 heteroatoms. The predicted octanol–water partition coefficient (Wildman–Crippen LogP) is 4.00. The zero-order valence-corrected chi connectivity index (χ0v) is 8.82. The van der Waals surface area contributed by atoms with Crippen molar-refractivity contribution in [1.82, 2.24) is 0 Å². The molecule has 2 saturated carbocycles. The van der Waals surface area contributed by atoms with E-state index in [2.05, 4.69) is 20.8 Å². The second-order valence-electron chi connectivity index (χ2n) is 6.09. The first-order valence-corrected chi connectivity index (χ1v) is 5.54. The minimum absolute atomic E-state index is 0.759. The van der Waals surface area contributed by atoms with Crippen LogP contribution in [0.1, 0.15) is 59.3 Å². The van der Waals surface area contributed by atoms with Crippen molar-refractivity contribution >= 4 is 0 Å². The Morgan fingerprint density at radius 1 is 1.08 bits per heavy atom. The van der Waals surface area contributed by atoms with Gasteiger partial charge in [0.15, 0.2) is 0 Å². The average Bonchev–Trinajstić information content (AvgIpc) is 2.39. The molecule has 0 spiro atoms. The van der Waals surface area contributed by atoms with Gasteiger partial charge in [-0.1, -0.05) is 20.8 Å². The molecule has 0 aromatic heterocycles. The molecule has 0 atom stereocenters. The lowest BCUT2D eigenvalue weighted by Gasteiger charge is -2.28. The molecule has 0 saturated heterocycles. The van der Waals surface area contributed by atoms with Crippen LogP contribution in [0.5, 0.6) is 0 Å². The molecule has 0 radical (unpaired) electrons. The van der Waals surface area contributed by atoms with E-state index >= 15 is 0 Å². The van der Waals surface area contributed by atoms with E-state index in [4.69, 9.17) is 0 Å². The molecule has 2 rings (SSSR count). The van der Waals surface area contributed by atoms with Crippen LogP contribution in [0.4, 0.5) is 0 Å². The summed E-state index contributed by atoms with van der Waals surface area (Å²) in [4.78, 5) is 0. The van der Waals surface area contributed by atoms with Crippen LogP contribution in [0.25, 0.3) is 0 Å². The first-order valence-electron chi connectivity index (χ1n) is 5.54. The van der Waals surface area contributed by atoms with Crippen LogP contribution in [0.2, 0.25) is 0 Å². The van der Waals surface area contributed by atoms with Crippen molar-refractivity contribution in [2.75, 3.05) is 0 Å². The van der Waals surface area contributed by atoms with Crippen LogP contribution in [0, 0.1) is 16.7 Å². The van der Waals surface area contributed by atoms with Crippen LogP contribution in [0.15, 0.2) is 0 Å². The lowest BCUT2D eigenvalue weighted by Crippen LogP contribution is -2.16. The van der Waals surface area contributed by atoms with Crippen molar-refractivity contribution in [2.45, 2.75) is 59.3 Å². The number of hydrogen-bond acceptors (Lipinski definition) is 0. The summed E-state index contributed by atoms with van der Waals surface area (Å²) in [7, 11) is 0. The number of rotatable bonds is 2. The second kappa shape index (κ2) is 2.49. The van der Waals surface area contributed by atoms with E-state index < -0.39 is 0 Å². The fourth-order valence-electron chi connectivity index (χ4n) is 3.79. The molecule has 0 aliphatic heterocycles. The van der Waals surface area contributed by atoms with Gasteiger partial charge in [-0.25, -0.2) is 0 Å². The van der Waals surface area contributed by atoms with Gasteiger partial charge in [0.25, 0.3) is 0 Å². The summed E-state index contributed by atoms with van der Waals surface area (Å²) in [5.41, 5.74) is 1.55. The Kier molecular flexibility index (Phi) is 1.79. The Morgan fingerprint density at radius 3 is 2.00 bits per heavy atom. The Bertz CT molecular complexity index is 170. The van der Waals surface area contributed by atoms with E-state index in [0.717, 1.165) is 16.7 Å². The molecule has 0 unspecified atom stereocenters. The summed E-state index contributed by atoms with van der Waals surface area (Å²) in [6, 6.07) is 0. The lowest BCUT2D eigenvalue weighted by atomic mass is 9.77. The summed E-state index contributed by atoms with van der Waals surface area (Å²) in [5.74, 6) is 0.908. The SMILES string of the molecule is CC(C)CC12CCC(C)(CC1)C2. The molecule has 0 heterocycles. The minimum atomic E-state index is 0.759. The summed E-state index contributed by atoms with van der Waals surface area (Å²) in [5, 5.41) is 0. The number of fused-ring (bicyclic) bond motifs is 2. The van der Waals surface area contributed by atoms with Gasteiger partial charge in [0.05, 0.1) is 0 Å². The maximum Gasteiger partial charge on any atom is -0.0289 e. The number of hydrogen-bond donors (Lipinski definition) is 0. The zero-order chi connectivity index (χ0) is 8.82. The van der Waals surface area contributed by atoms with Gasteiger partial charge in [0, 0.05) is 0 Å². The first kappa shape index (κ1) is 8.59. The monoisotopic (exact) mass is 166 g/mol. The van der Waals surface area contributed by atoms with Gasteiger partial charge in [0.2, 0.25) is 0 Å². The molecule has 0 aromatic carbocycles. The highest BCUT2D eigenvalue weighted by atomic mass is 14.6. The topological polar surface area (TPSA) is 0 Å². The first-order chi connectivity index (χ1) is 5.54. The Labute approximate surface area is 76.7 Å². The van der Waals surface area contributed by atoms with Gasteiger partial charge in [-0.05, 0) is 55.3 Å². The molecule has 70 valence electrons. The van der Waals surface area contributed by atoms with Gasteiger partial charge in [-0.3, -0.25) is 0 Å². The standard InChI is InChI=1S/C12H22/c1-10(2)8-12-6-4-11(3,9-12)5-7-12/h10H,4-9H2,1-3H3. The highest BCUT2D eigenvalue weighted by molar-refractivity contribution is 5.02. The third-order valence-electron chi connectivity index (χ3n) is 4.16. The summed E-state index contributed by atoms with van der Waals surface area (Å²) < 4.78 is 0. The highest BCUT2D eigenvalue weighted by Gasteiger charge is 2.51. The molecular weight excluding hydrogens is 144 g/mol. The van der Waals surface area contributed by atoms with E-state index in [9.17, 15) is 0 Å². The van der Waals surface area contributed by atoms with Crippen LogP contribution >= 0.6 is 0 Å². The van der Waals surface area contributed by atoms with Gasteiger partial charge in [-0.15, -0.1) is 0 Å². The van der Waals surface area contributed by atoms with E-state index in [1.807, 2.05) is 0 Å². The molecule has 0 amide bonds. The molecule has 2 fully saturated rings. The average molecular weight is 166 g/mol. The summed E-state index contributed by atoms with van der Waals surface area (Å²) in [6.07, 6.45) is 9.11. The fraction of sp³-hybridized carbons (Fsp3) is 1.00. The zero-order valence-electron chi connectivity index (χ0n) is 8.82. The van der Waals surface area contributed by atoms with Gasteiger partial charge < -0.3 is 0 Å². The van der Waals surface area contributed by atoms with Crippen LogP contribution < -0.4 is 0 Å². The summed E-state index contributed by atoms with van der Waals surface area (Å²) in [6.45, 7) is 7.26. The fourth-order valence-corrected chi connectivity index (χ4v) is 3.79. The third kappa shape index (κ3) is 1.30. The van der Waals surface area contributed by atoms with Crippen molar-refractivity contribution in [2.24, 2.45) is 16.7 Å². The van der Waals surface area contributed by atoms with Crippen LogP contribution in [0.3, 0.4) is 0 Å². The van der Waals surface area contributed by atoms with Crippen molar-refractivity contribution in [3.8, 4) is 0 Å². The molecule has 0 aromatic rings. The van der Waals surface area contributed by atoms with Crippen LogP contribution in [-0.2, 0) is 0 Å². The minimum Gasteiger partial charge on any atom is -0.0628 e. The molecule has 12 heavy (non-hydrogen) atoms. The molecule has 2 bridgehead atoms. The normalized spacial score (nSPS) is 46.0. The van der Waals surface area contributed by atoms with E-state index in [1.165, 1.54) is 38.5 Å². The second-order valence-corrected chi connectivity index (χ2v) is 6.09. The Morgan fingerprint density at radius 2 is 1.67 bits per heavy atom. The Hall–Kier alpha value is 0. The lowest BCUT2D eigenvalue weighted by molar-refractivity contribution is 0.233. The van der Waals surface area contributed by atoms with Crippen LogP contribution in [-0.4, -0.2) is 0 Å². The molecule has 0 nitrogen and oxygen atoms in total. The van der Waals surface area contributed by atoms with Crippen molar-refractivity contribution in [1.29, 1.82) is 0 Å². The van der Waals surface area contributed by atoms with Crippen molar-refractivity contribution < 1.29 is 0 Å². The van der Waals surface area contributed by atoms with Gasteiger partial charge in [0.1, 0.15) is 0 Å². The van der Waals surface area contributed by atoms with E-state index in [1.54, 1.807) is 0 Å². The molecule has 2 aliphatic rings. The molecular formula is C12H22. The largest absolute Gasteiger partial charge is 0.0628 e. The predicted molar refractivity (Wildman–Crippen MR) is 53.1 cm³/mol. The summed E-state index contributed by atoms with van der Waals surface area (Å²) >= 11 is 0. The molecule has 0 N–H and O–H groups in total. The maximum atomic E-state index is 2.50. The Balaban J connectivity index is 2.05. The van der Waals surface area contributed by atoms with E-state index in [0.29, 0.717) is 0 Å². The third-order valence-corrected chi connectivity index (χ3v) is 4.16. The van der Waals surface area contributed by atoms with Gasteiger partial charge >= 0.3 is 0 Å². The van der Waals surface area contributed by atoms with E-state index in [-0.39, 0.29) is 0 Å². The van der Waals surface area contributed by atoms with Crippen molar-refractivity contribution in [3.63, 3.8) is 0 Å². The molecule has 2 aliphatic carbocycles.